The van der Waals surface area contributed by atoms with E-state index in [0.717, 1.165) is 18.5 Å². The van der Waals surface area contributed by atoms with Crippen molar-refractivity contribution in [2.45, 2.75) is 64.3 Å². The highest BCUT2D eigenvalue weighted by Crippen LogP contribution is 2.24. The second-order valence-corrected chi connectivity index (χ2v) is 6.71. The lowest BCUT2D eigenvalue weighted by Crippen LogP contribution is -2.36. The van der Waals surface area contributed by atoms with Gasteiger partial charge in [0.15, 0.2) is 0 Å². The Balaban J connectivity index is 2.18. The molecule has 0 bridgehead atoms. The third-order valence-electron chi connectivity index (χ3n) is 4.35. The molecule has 0 spiro atoms. The van der Waals surface area contributed by atoms with E-state index in [4.69, 9.17) is 11.6 Å². The highest BCUT2D eigenvalue weighted by molar-refractivity contribution is 6.29. The minimum atomic E-state index is 0.0631. The number of carbonyl (C=O) groups excluding carboxylic acids is 1. The van der Waals surface area contributed by atoms with Gasteiger partial charge in [0.1, 0.15) is 5.15 Å². The van der Waals surface area contributed by atoms with Crippen LogP contribution in [0.25, 0.3) is 0 Å². The smallest absolute Gasteiger partial charge is 0.254 e. The molecule has 2 rings (SSSR count). The summed E-state index contributed by atoms with van der Waals surface area (Å²) >= 11 is 6.07. The first-order chi connectivity index (χ1) is 9.99. The molecule has 21 heavy (non-hydrogen) atoms. The van der Waals surface area contributed by atoms with Gasteiger partial charge in [-0.1, -0.05) is 51.1 Å². The van der Waals surface area contributed by atoms with E-state index in [1.807, 2.05) is 18.0 Å². The quantitative estimate of drug-likeness (QED) is 0.601. The highest BCUT2D eigenvalue weighted by Gasteiger charge is 2.23. The van der Waals surface area contributed by atoms with Crippen LogP contribution in [0.4, 0.5) is 0 Å². The van der Waals surface area contributed by atoms with Gasteiger partial charge in [-0.05, 0) is 30.9 Å². The zero-order chi connectivity index (χ0) is 15.4. The first-order valence-corrected chi connectivity index (χ1v) is 8.31. The molecule has 0 aliphatic heterocycles. The Hall–Kier alpha value is -1.09. The van der Waals surface area contributed by atoms with Crippen LogP contribution in [0.1, 0.15) is 74.3 Å². The topological polar surface area (TPSA) is 33.2 Å². The van der Waals surface area contributed by atoms with Crippen molar-refractivity contribution < 1.29 is 4.79 Å². The molecule has 4 heteroatoms. The standard InChI is InChI=1S/C17H25ClN2O/c1-12(2)15-10-13(11-16(18)19-15)17(21)20(3)14-8-6-4-5-7-9-14/h10-12,14H,4-9H2,1-3H3. The van der Waals surface area contributed by atoms with Crippen LogP contribution in [0, 0.1) is 0 Å². The minimum absolute atomic E-state index is 0.0631. The minimum Gasteiger partial charge on any atom is -0.339 e. The molecule has 1 saturated carbocycles. The van der Waals surface area contributed by atoms with Crippen LogP contribution >= 0.6 is 11.6 Å². The molecule has 0 atom stereocenters. The van der Waals surface area contributed by atoms with Crippen molar-refractivity contribution >= 4 is 17.5 Å². The van der Waals surface area contributed by atoms with Gasteiger partial charge >= 0.3 is 0 Å². The van der Waals surface area contributed by atoms with E-state index in [9.17, 15) is 4.79 Å². The van der Waals surface area contributed by atoms with Crippen molar-refractivity contribution in [3.8, 4) is 0 Å². The summed E-state index contributed by atoms with van der Waals surface area (Å²) < 4.78 is 0. The van der Waals surface area contributed by atoms with Gasteiger partial charge in [-0.25, -0.2) is 4.98 Å². The molecule has 1 amide bonds. The summed E-state index contributed by atoms with van der Waals surface area (Å²) in [6.07, 6.45) is 7.23. The van der Waals surface area contributed by atoms with Crippen LogP contribution in [0.15, 0.2) is 12.1 Å². The van der Waals surface area contributed by atoms with Crippen molar-refractivity contribution in [2.75, 3.05) is 7.05 Å². The number of amides is 1. The van der Waals surface area contributed by atoms with E-state index in [2.05, 4.69) is 18.8 Å². The second-order valence-electron chi connectivity index (χ2n) is 6.32. The van der Waals surface area contributed by atoms with E-state index >= 15 is 0 Å². The molecule has 116 valence electrons. The monoisotopic (exact) mass is 308 g/mol. The van der Waals surface area contributed by atoms with E-state index in [1.165, 1.54) is 25.7 Å². The lowest BCUT2D eigenvalue weighted by molar-refractivity contribution is 0.0717. The average Bonchev–Trinajstić information content (AvgIpc) is 2.74. The summed E-state index contributed by atoms with van der Waals surface area (Å²) in [6.45, 7) is 4.11. The van der Waals surface area contributed by atoms with Gasteiger partial charge in [0, 0.05) is 24.3 Å². The van der Waals surface area contributed by atoms with Crippen molar-refractivity contribution in [1.82, 2.24) is 9.88 Å². The van der Waals surface area contributed by atoms with Crippen LogP contribution in [0.2, 0.25) is 5.15 Å². The summed E-state index contributed by atoms with van der Waals surface area (Å²) in [7, 11) is 1.92. The van der Waals surface area contributed by atoms with Crippen LogP contribution in [0.3, 0.4) is 0 Å². The summed E-state index contributed by atoms with van der Waals surface area (Å²) in [5.74, 6) is 0.325. The van der Waals surface area contributed by atoms with Crippen molar-refractivity contribution in [1.29, 1.82) is 0 Å². The summed E-state index contributed by atoms with van der Waals surface area (Å²) in [6, 6.07) is 3.92. The molecule has 1 aliphatic carbocycles. The molecule has 1 fully saturated rings. The van der Waals surface area contributed by atoms with Crippen LogP contribution in [-0.2, 0) is 0 Å². The number of hydrogen-bond acceptors (Lipinski definition) is 2. The van der Waals surface area contributed by atoms with Gasteiger partial charge < -0.3 is 4.90 Å². The van der Waals surface area contributed by atoms with Gasteiger partial charge in [0.2, 0.25) is 0 Å². The normalized spacial score (nSPS) is 16.8. The molecule has 1 aromatic heterocycles. The Labute approximate surface area is 132 Å². The van der Waals surface area contributed by atoms with E-state index < -0.39 is 0 Å². The fraction of sp³-hybridized carbons (Fsp3) is 0.647. The maximum Gasteiger partial charge on any atom is 0.254 e. The number of halogens is 1. The number of aromatic nitrogens is 1. The summed E-state index contributed by atoms with van der Waals surface area (Å²) in [5, 5.41) is 0.402. The van der Waals surface area contributed by atoms with E-state index in [-0.39, 0.29) is 11.8 Å². The Morgan fingerprint density at radius 3 is 2.43 bits per heavy atom. The van der Waals surface area contributed by atoms with Gasteiger partial charge in [-0.3, -0.25) is 4.79 Å². The second kappa shape index (κ2) is 7.26. The number of hydrogen-bond donors (Lipinski definition) is 0. The Morgan fingerprint density at radius 2 is 1.86 bits per heavy atom. The SMILES string of the molecule is CC(C)c1cc(C(=O)N(C)C2CCCCCC2)cc(Cl)n1. The zero-order valence-electron chi connectivity index (χ0n) is 13.2. The molecule has 1 aliphatic rings. The van der Waals surface area contributed by atoms with Gasteiger partial charge in [-0.15, -0.1) is 0 Å². The molecule has 1 heterocycles. The Bertz CT molecular complexity index is 494. The zero-order valence-corrected chi connectivity index (χ0v) is 14.0. The number of carbonyl (C=O) groups is 1. The third kappa shape index (κ3) is 4.19. The maximum atomic E-state index is 12.7. The van der Waals surface area contributed by atoms with Crippen LogP contribution < -0.4 is 0 Å². The Morgan fingerprint density at radius 1 is 1.24 bits per heavy atom. The molecule has 0 aromatic carbocycles. The molecule has 0 radical (unpaired) electrons. The van der Waals surface area contributed by atoms with Gasteiger partial charge in [0.05, 0.1) is 0 Å². The molecule has 3 nitrogen and oxygen atoms in total. The van der Waals surface area contributed by atoms with Crippen molar-refractivity contribution in [3.63, 3.8) is 0 Å². The first-order valence-electron chi connectivity index (χ1n) is 7.93. The van der Waals surface area contributed by atoms with Crippen LogP contribution in [-0.4, -0.2) is 28.9 Å². The Kier molecular flexibility index (Phi) is 5.63. The average molecular weight is 309 g/mol. The predicted octanol–water partition coefficient (Wildman–Crippen LogP) is 4.65. The number of pyridine rings is 1. The highest BCUT2D eigenvalue weighted by atomic mass is 35.5. The molecular weight excluding hydrogens is 284 g/mol. The third-order valence-corrected chi connectivity index (χ3v) is 4.54. The number of nitrogens with zero attached hydrogens (tertiary/aromatic N) is 2. The van der Waals surface area contributed by atoms with E-state index in [0.29, 0.717) is 16.8 Å². The van der Waals surface area contributed by atoms with E-state index in [1.54, 1.807) is 6.07 Å². The van der Waals surface area contributed by atoms with Crippen molar-refractivity contribution in [3.05, 3.63) is 28.5 Å². The molecule has 1 aromatic rings. The molecule has 0 N–H and O–H groups in total. The largest absolute Gasteiger partial charge is 0.339 e. The van der Waals surface area contributed by atoms with Crippen LogP contribution in [0.5, 0.6) is 0 Å². The molecular formula is C17H25ClN2O. The maximum absolute atomic E-state index is 12.7. The fourth-order valence-corrected chi connectivity index (χ4v) is 3.17. The predicted molar refractivity (Wildman–Crippen MR) is 86.9 cm³/mol. The molecule has 0 saturated heterocycles. The summed E-state index contributed by atoms with van der Waals surface area (Å²) in [4.78, 5) is 18.9. The number of rotatable bonds is 3. The fourth-order valence-electron chi connectivity index (χ4n) is 2.95. The van der Waals surface area contributed by atoms with Crippen molar-refractivity contribution in [2.24, 2.45) is 0 Å². The van der Waals surface area contributed by atoms with Gasteiger partial charge in [-0.2, -0.15) is 0 Å². The lowest BCUT2D eigenvalue weighted by Gasteiger charge is -2.27. The summed E-state index contributed by atoms with van der Waals surface area (Å²) in [5.41, 5.74) is 1.53. The van der Waals surface area contributed by atoms with Gasteiger partial charge in [0.25, 0.3) is 5.91 Å². The first kappa shape index (κ1) is 16.3. The molecule has 0 unspecified atom stereocenters. The lowest BCUT2D eigenvalue weighted by atomic mass is 10.0.